The maximum absolute atomic E-state index is 11.8. The first kappa shape index (κ1) is 15.2. The maximum atomic E-state index is 11.8. The van der Waals surface area contributed by atoms with E-state index in [0.29, 0.717) is 17.8 Å². The predicted molar refractivity (Wildman–Crippen MR) is 78.9 cm³/mol. The Morgan fingerprint density at radius 1 is 1.47 bits per heavy atom. The zero-order valence-corrected chi connectivity index (χ0v) is 12.1. The van der Waals surface area contributed by atoms with Gasteiger partial charge in [0.25, 0.3) is 5.78 Å². The normalized spacial score (nSPS) is 9.58. The average Bonchev–Trinajstić information content (AvgIpc) is 2.43. The van der Waals surface area contributed by atoms with Gasteiger partial charge >= 0.3 is 5.97 Å². The van der Waals surface area contributed by atoms with E-state index in [1.807, 2.05) is 6.07 Å². The Bertz CT molecular complexity index is 537. The van der Waals surface area contributed by atoms with Crippen molar-refractivity contribution in [1.82, 2.24) is 0 Å². The molecule has 0 aliphatic carbocycles. The number of Topliss-reactive ketones (excluding diaryl/α,β-unsaturated/α-hetero) is 1. The lowest BCUT2D eigenvalue weighted by Crippen LogP contribution is -2.17. The van der Waals surface area contributed by atoms with Gasteiger partial charge in [0.15, 0.2) is 0 Å². The van der Waals surface area contributed by atoms with E-state index < -0.39 is 11.8 Å². The molecule has 1 N–H and O–H groups in total. The fraction of sp³-hybridized carbons (Fsp3) is 0.143. The molecule has 0 radical (unpaired) electrons. The number of rotatable bonds is 6. The van der Waals surface area contributed by atoms with Gasteiger partial charge in [-0.2, -0.15) is 0 Å². The second kappa shape index (κ2) is 6.89. The van der Waals surface area contributed by atoms with Crippen molar-refractivity contribution in [2.45, 2.75) is 0 Å². The summed E-state index contributed by atoms with van der Waals surface area (Å²) in [4.78, 5) is 23.0. The molecule has 1 aromatic rings. The molecule has 0 unspecified atom stereocenters. The Morgan fingerprint density at radius 2 is 2.16 bits per heavy atom. The molecule has 0 spiro atoms. The summed E-state index contributed by atoms with van der Waals surface area (Å²) in [6, 6.07) is 5.29. The number of hydrogen-bond donors (Lipinski definition) is 1. The number of benzene rings is 1. The van der Waals surface area contributed by atoms with Gasteiger partial charge in [-0.3, -0.25) is 4.79 Å². The molecule has 0 heterocycles. The number of hydrogen-bond acceptors (Lipinski definition) is 4. The van der Waals surface area contributed by atoms with Crippen molar-refractivity contribution in [2.24, 2.45) is 0 Å². The summed E-state index contributed by atoms with van der Waals surface area (Å²) < 4.78 is 5.18. The van der Waals surface area contributed by atoms with Crippen molar-refractivity contribution >= 4 is 38.9 Å². The Hall–Kier alpha value is -1.88. The van der Waals surface area contributed by atoms with E-state index in [1.165, 1.54) is 0 Å². The van der Waals surface area contributed by atoms with E-state index in [2.05, 4.69) is 39.1 Å². The number of anilines is 1. The van der Waals surface area contributed by atoms with Crippen LogP contribution in [-0.2, 0) is 14.3 Å². The molecule has 19 heavy (non-hydrogen) atoms. The van der Waals surface area contributed by atoms with E-state index in [1.54, 1.807) is 18.2 Å². The van der Waals surface area contributed by atoms with Crippen LogP contribution in [0.25, 0.3) is 5.57 Å². The maximum Gasteiger partial charge on any atom is 0.379 e. The number of carbonyl (C=O) groups excluding carboxylic acids is 2. The molecular weight excluding hydrogens is 310 g/mol. The summed E-state index contributed by atoms with van der Waals surface area (Å²) in [6.07, 6.45) is 1.69. The fourth-order valence-corrected chi connectivity index (χ4v) is 1.97. The van der Waals surface area contributed by atoms with Crippen LogP contribution >= 0.6 is 15.9 Å². The number of ketones is 1. The van der Waals surface area contributed by atoms with Crippen LogP contribution in [0.4, 0.5) is 5.69 Å². The third-order valence-corrected chi connectivity index (χ3v) is 3.07. The van der Waals surface area contributed by atoms with Crippen molar-refractivity contribution in [3.05, 3.63) is 47.5 Å². The molecule has 0 bridgehead atoms. The summed E-state index contributed by atoms with van der Waals surface area (Å²) in [5.74, 6) is -1.69. The molecule has 1 aromatic carbocycles. The Morgan fingerprint density at radius 3 is 2.74 bits per heavy atom. The van der Waals surface area contributed by atoms with Gasteiger partial charge in [-0.05, 0) is 22.0 Å². The third-order valence-electron chi connectivity index (χ3n) is 2.41. The first-order valence-corrected chi connectivity index (χ1v) is 6.27. The Balaban J connectivity index is 3.15. The number of para-hydroxylation sites is 1. The molecule has 0 atom stereocenters. The smallest absolute Gasteiger partial charge is 0.379 e. The number of carbonyl (C=O) groups is 2. The molecule has 0 aliphatic rings. The Labute approximate surface area is 120 Å². The van der Waals surface area contributed by atoms with Crippen molar-refractivity contribution < 1.29 is 14.3 Å². The van der Waals surface area contributed by atoms with E-state index in [-0.39, 0.29) is 5.57 Å². The number of halogens is 1. The zero-order chi connectivity index (χ0) is 14.4. The van der Waals surface area contributed by atoms with Crippen molar-refractivity contribution in [2.75, 3.05) is 19.0 Å². The molecule has 0 saturated heterocycles. The molecule has 0 saturated carbocycles. The lowest BCUT2D eigenvalue weighted by molar-refractivity contribution is -0.148. The van der Waals surface area contributed by atoms with Crippen LogP contribution in [0.1, 0.15) is 5.56 Å². The molecule has 0 aliphatic heterocycles. The molecular formula is C14H14BrNO3. The largest absolute Gasteiger partial charge is 0.463 e. The van der Waals surface area contributed by atoms with Gasteiger partial charge in [0.2, 0.25) is 0 Å². The lowest BCUT2D eigenvalue weighted by atomic mass is 10.0. The summed E-state index contributed by atoms with van der Waals surface area (Å²) in [5, 5.41) is 3.09. The van der Waals surface area contributed by atoms with Crippen LogP contribution in [0, 0.1) is 0 Å². The van der Waals surface area contributed by atoms with E-state index in [0.717, 1.165) is 11.6 Å². The second-order valence-electron chi connectivity index (χ2n) is 3.63. The summed E-state index contributed by atoms with van der Waals surface area (Å²) in [7, 11) is 1.16. The quantitative estimate of drug-likeness (QED) is 0.378. The minimum atomic E-state index is -0.931. The first-order valence-electron chi connectivity index (χ1n) is 5.48. The number of nitrogens with one attached hydrogen (secondary N) is 1. The highest BCUT2D eigenvalue weighted by atomic mass is 79.9. The van der Waals surface area contributed by atoms with E-state index in [4.69, 9.17) is 0 Å². The number of esters is 1. The van der Waals surface area contributed by atoms with Crippen LogP contribution < -0.4 is 5.32 Å². The summed E-state index contributed by atoms with van der Waals surface area (Å²) in [5.41, 5.74) is 1.32. The monoisotopic (exact) mass is 323 g/mol. The molecule has 0 amide bonds. The van der Waals surface area contributed by atoms with Gasteiger partial charge < -0.3 is 10.1 Å². The van der Waals surface area contributed by atoms with Gasteiger partial charge in [0, 0.05) is 22.2 Å². The first-order chi connectivity index (χ1) is 9.02. The fourth-order valence-electron chi connectivity index (χ4n) is 1.47. The second-order valence-corrected chi connectivity index (χ2v) is 4.49. The van der Waals surface area contributed by atoms with Crippen LogP contribution in [0.5, 0.6) is 0 Å². The third kappa shape index (κ3) is 3.54. The highest BCUT2D eigenvalue weighted by molar-refractivity contribution is 9.10. The van der Waals surface area contributed by atoms with Gasteiger partial charge in [-0.1, -0.05) is 24.8 Å². The van der Waals surface area contributed by atoms with Gasteiger partial charge in [-0.25, -0.2) is 4.79 Å². The topological polar surface area (TPSA) is 55.4 Å². The van der Waals surface area contributed by atoms with Gasteiger partial charge in [0.05, 0.1) is 12.8 Å². The zero-order valence-electron chi connectivity index (χ0n) is 10.5. The number of ether oxygens (including phenoxy) is 1. The van der Waals surface area contributed by atoms with Crippen molar-refractivity contribution in [3.63, 3.8) is 0 Å². The van der Waals surface area contributed by atoms with E-state index >= 15 is 0 Å². The van der Waals surface area contributed by atoms with Gasteiger partial charge in [-0.15, -0.1) is 6.58 Å². The molecule has 100 valence electrons. The predicted octanol–water partition coefficient (Wildman–Crippen LogP) is 2.80. The summed E-state index contributed by atoms with van der Waals surface area (Å²) >= 11 is 3.38. The Kier molecular flexibility index (Phi) is 5.51. The molecule has 0 fully saturated rings. The molecule has 4 nitrogen and oxygen atoms in total. The molecule has 1 rings (SSSR count). The van der Waals surface area contributed by atoms with Crippen LogP contribution in [0.2, 0.25) is 0 Å². The minimum absolute atomic E-state index is 0.0831. The number of methoxy groups -OCH3 is 1. The van der Waals surface area contributed by atoms with Gasteiger partial charge in [0.1, 0.15) is 0 Å². The van der Waals surface area contributed by atoms with Crippen LogP contribution in [0.3, 0.4) is 0 Å². The van der Waals surface area contributed by atoms with Crippen LogP contribution in [-0.4, -0.2) is 25.4 Å². The average molecular weight is 324 g/mol. The highest BCUT2D eigenvalue weighted by Gasteiger charge is 2.21. The lowest BCUT2D eigenvalue weighted by Gasteiger charge is -2.13. The molecule has 0 aromatic heterocycles. The van der Waals surface area contributed by atoms with E-state index in [9.17, 15) is 9.59 Å². The van der Waals surface area contributed by atoms with Crippen LogP contribution in [0.15, 0.2) is 41.9 Å². The van der Waals surface area contributed by atoms with Crippen molar-refractivity contribution in [1.29, 1.82) is 0 Å². The SMILES string of the molecule is C=CCNc1c(Br)cccc1C(=C)C(=O)C(=O)OC. The summed E-state index contributed by atoms with van der Waals surface area (Å²) in [6.45, 7) is 7.81. The highest BCUT2D eigenvalue weighted by Crippen LogP contribution is 2.31. The minimum Gasteiger partial charge on any atom is -0.463 e. The molecule has 5 heteroatoms. The standard InChI is InChI=1S/C14H14BrNO3/c1-4-8-16-12-10(6-5-7-11(12)15)9(2)13(17)14(18)19-3/h4-7,16H,1-2,8H2,3H3. The van der Waals surface area contributed by atoms with Crippen molar-refractivity contribution in [3.8, 4) is 0 Å².